The van der Waals surface area contributed by atoms with Crippen LogP contribution in [-0.4, -0.2) is 37.1 Å². The molecule has 0 spiro atoms. The fraction of sp³-hybridized carbons (Fsp3) is 0.150. The Kier molecular flexibility index (Phi) is 5.30. The number of ether oxygens (including phenoxy) is 4. The van der Waals surface area contributed by atoms with Crippen LogP contribution in [0.15, 0.2) is 42.5 Å². The Balaban J connectivity index is 1.46. The number of fused-ring (bicyclic) bond motifs is 1. The van der Waals surface area contributed by atoms with E-state index in [1.54, 1.807) is 38.5 Å². The molecule has 0 fully saturated rings. The lowest BCUT2D eigenvalue weighted by molar-refractivity contribution is -0.111. The quantitative estimate of drug-likeness (QED) is 0.620. The van der Waals surface area contributed by atoms with Crippen LogP contribution in [0.25, 0.3) is 16.6 Å². The van der Waals surface area contributed by atoms with E-state index in [-0.39, 0.29) is 12.7 Å². The van der Waals surface area contributed by atoms with Gasteiger partial charge in [0.2, 0.25) is 17.8 Å². The Labute approximate surface area is 170 Å². The van der Waals surface area contributed by atoms with Crippen molar-refractivity contribution in [3.63, 3.8) is 0 Å². The summed E-state index contributed by atoms with van der Waals surface area (Å²) in [5, 5.41) is 11.9. The molecule has 1 amide bonds. The minimum absolute atomic E-state index is 0.209. The van der Waals surface area contributed by atoms with Gasteiger partial charge in [-0.25, -0.2) is 0 Å². The van der Waals surface area contributed by atoms with Crippen molar-refractivity contribution in [3.05, 3.63) is 48.0 Å². The minimum atomic E-state index is -0.317. The van der Waals surface area contributed by atoms with Crippen LogP contribution in [0.4, 0.5) is 5.13 Å². The topological polar surface area (TPSA) is 91.8 Å². The lowest BCUT2D eigenvalue weighted by Crippen LogP contribution is -2.07. The molecule has 1 aliphatic rings. The highest BCUT2D eigenvalue weighted by Gasteiger charge is 2.15. The smallest absolute Gasteiger partial charge is 0.250 e. The molecule has 2 aromatic carbocycles. The Morgan fingerprint density at radius 1 is 1.10 bits per heavy atom. The van der Waals surface area contributed by atoms with Gasteiger partial charge < -0.3 is 18.9 Å². The fourth-order valence-corrected chi connectivity index (χ4v) is 3.47. The van der Waals surface area contributed by atoms with Crippen LogP contribution in [0.1, 0.15) is 5.56 Å². The molecule has 9 heteroatoms. The van der Waals surface area contributed by atoms with Gasteiger partial charge in [-0.2, -0.15) is 0 Å². The summed E-state index contributed by atoms with van der Waals surface area (Å²) in [4.78, 5) is 12.2. The average Bonchev–Trinajstić information content (AvgIpc) is 3.40. The second kappa shape index (κ2) is 8.19. The second-order valence-electron chi connectivity index (χ2n) is 5.91. The van der Waals surface area contributed by atoms with Crippen LogP contribution < -0.4 is 24.3 Å². The van der Waals surface area contributed by atoms with E-state index in [1.165, 1.54) is 17.4 Å². The number of nitrogens with one attached hydrogen (secondary N) is 1. The molecule has 29 heavy (non-hydrogen) atoms. The van der Waals surface area contributed by atoms with E-state index in [0.29, 0.717) is 33.1 Å². The third-order valence-corrected chi connectivity index (χ3v) is 4.99. The average molecular weight is 411 g/mol. The Bertz CT molecular complexity index is 1080. The van der Waals surface area contributed by atoms with Gasteiger partial charge in [0.25, 0.3) is 0 Å². The molecule has 0 aliphatic carbocycles. The van der Waals surface area contributed by atoms with Crippen molar-refractivity contribution in [3.8, 4) is 33.6 Å². The van der Waals surface area contributed by atoms with E-state index in [0.717, 1.165) is 11.1 Å². The van der Waals surface area contributed by atoms with Crippen molar-refractivity contribution in [1.29, 1.82) is 0 Å². The van der Waals surface area contributed by atoms with Gasteiger partial charge in [-0.05, 0) is 42.0 Å². The summed E-state index contributed by atoms with van der Waals surface area (Å²) in [7, 11) is 3.17. The minimum Gasteiger partial charge on any atom is -0.497 e. The molecule has 1 aromatic heterocycles. The molecule has 0 bridgehead atoms. The predicted molar refractivity (Wildman–Crippen MR) is 109 cm³/mol. The van der Waals surface area contributed by atoms with Gasteiger partial charge in [-0.1, -0.05) is 17.4 Å². The third kappa shape index (κ3) is 4.14. The third-order valence-electron chi connectivity index (χ3n) is 4.12. The molecule has 1 aliphatic heterocycles. The lowest BCUT2D eigenvalue weighted by Gasteiger charge is -2.07. The van der Waals surface area contributed by atoms with Gasteiger partial charge >= 0.3 is 0 Å². The molecule has 3 aromatic rings. The van der Waals surface area contributed by atoms with Crippen LogP contribution in [-0.2, 0) is 4.79 Å². The summed E-state index contributed by atoms with van der Waals surface area (Å²) >= 11 is 1.24. The first-order valence-corrected chi connectivity index (χ1v) is 9.42. The van der Waals surface area contributed by atoms with E-state index in [4.69, 9.17) is 18.9 Å². The maximum absolute atomic E-state index is 12.2. The summed E-state index contributed by atoms with van der Waals surface area (Å²) in [6, 6.07) is 10.9. The molecule has 0 atom stereocenters. The first kappa shape index (κ1) is 18.8. The lowest BCUT2D eigenvalue weighted by atomic mass is 10.2. The zero-order valence-electron chi connectivity index (χ0n) is 15.7. The normalized spacial score (nSPS) is 12.2. The predicted octanol–water partition coefficient (Wildman–Crippen LogP) is 3.60. The first-order chi connectivity index (χ1) is 14.2. The maximum Gasteiger partial charge on any atom is 0.250 e. The summed E-state index contributed by atoms with van der Waals surface area (Å²) in [6.45, 7) is 0.209. The number of hydrogen-bond donors (Lipinski definition) is 1. The van der Waals surface area contributed by atoms with Crippen LogP contribution in [0, 0.1) is 0 Å². The summed E-state index contributed by atoms with van der Waals surface area (Å²) in [5.74, 6) is 2.35. The number of anilines is 1. The number of carbonyl (C=O) groups is 1. The SMILES string of the molecule is COc1ccc(OC)c(-c2nnc(NC(=O)C=Cc3ccc4c(c3)OCO4)s2)c1. The van der Waals surface area contributed by atoms with Crippen molar-refractivity contribution in [2.45, 2.75) is 0 Å². The van der Waals surface area contributed by atoms with Gasteiger partial charge in [-0.3, -0.25) is 10.1 Å². The number of hydrogen-bond acceptors (Lipinski definition) is 8. The molecule has 4 rings (SSSR count). The number of rotatable bonds is 6. The highest BCUT2D eigenvalue weighted by atomic mass is 32.1. The Hall–Kier alpha value is -3.59. The molecule has 0 unspecified atom stereocenters. The molecular weight excluding hydrogens is 394 g/mol. The van der Waals surface area contributed by atoms with Gasteiger partial charge in [0.1, 0.15) is 11.5 Å². The zero-order valence-corrected chi connectivity index (χ0v) is 16.5. The first-order valence-electron chi connectivity index (χ1n) is 8.61. The van der Waals surface area contributed by atoms with E-state index in [2.05, 4.69) is 15.5 Å². The molecule has 0 saturated heterocycles. The molecular formula is C20H17N3O5S. The van der Waals surface area contributed by atoms with E-state index < -0.39 is 0 Å². The van der Waals surface area contributed by atoms with Crippen molar-refractivity contribution >= 4 is 28.5 Å². The van der Waals surface area contributed by atoms with Crippen molar-refractivity contribution in [1.82, 2.24) is 10.2 Å². The van der Waals surface area contributed by atoms with Gasteiger partial charge in [0.15, 0.2) is 16.5 Å². The van der Waals surface area contributed by atoms with Crippen LogP contribution in [0.2, 0.25) is 0 Å². The number of amides is 1. The van der Waals surface area contributed by atoms with Crippen LogP contribution in [0.3, 0.4) is 0 Å². The van der Waals surface area contributed by atoms with E-state index in [1.807, 2.05) is 18.2 Å². The van der Waals surface area contributed by atoms with E-state index >= 15 is 0 Å². The van der Waals surface area contributed by atoms with Crippen molar-refractivity contribution in [2.24, 2.45) is 0 Å². The Morgan fingerprint density at radius 3 is 2.79 bits per heavy atom. The van der Waals surface area contributed by atoms with Crippen molar-refractivity contribution < 1.29 is 23.7 Å². The monoisotopic (exact) mass is 411 g/mol. The molecule has 1 N–H and O–H groups in total. The standard InChI is InChI=1S/C20H17N3O5S/c1-25-13-5-7-15(26-2)14(10-13)19-22-23-20(29-19)21-18(24)8-4-12-3-6-16-17(9-12)28-11-27-16/h3-10H,11H2,1-2H3,(H,21,23,24). The van der Waals surface area contributed by atoms with Gasteiger partial charge in [0.05, 0.1) is 19.8 Å². The molecule has 0 radical (unpaired) electrons. The highest BCUT2D eigenvalue weighted by Crippen LogP contribution is 2.36. The largest absolute Gasteiger partial charge is 0.497 e. The summed E-state index contributed by atoms with van der Waals surface area (Å²) in [5.41, 5.74) is 1.56. The highest BCUT2D eigenvalue weighted by molar-refractivity contribution is 7.18. The van der Waals surface area contributed by atoms with Gasteiger partial charge in [-0.15, -0.1) is 10.2 Å². The second-order valence-corrected chi connectivity index (χ2v) is 6.89. The maximum atomic E-state index is 12.2. The van der Waals surface area contributed by atoms with Crippen molar-refractivity contribution in [2.75, 3.05) is 26.3 Å². The summed E-state index contributed by atoms with van der Waals surface area (Å²) < 4.78 is 21.2. The molecule has 0 saturated carbocycles. The number of methoxy groups -OCH3 is 2. The molecule has 8 nitrogen and oxygen atoms in total. The summed E-state index contributed by atoms with van der Waals surface area (Å²) in [6.07, 6.45) is 3.11. The Morgan fingerprint density at radius 2 is 1.97 bits per heavy atom. The number of benzene rings is 2. The fourth-order valence-electron chi connectivity index (χ4n) is 2.70. The molecule has 148 valence electrons. The zero-order chi connectivity index (χ0) is 20.2. The number of aromatic nitrogens is 2. The van der Waals surface area contributed by atoms with Crippen LogP contribution >= 0.6 is 11.3 Å². The number of nitrogens with zero attached hydrogens (tertiary/aromatic N) is 2. The van der Waals surface area contributed by atoms with Gasteiger partial charge in [0, 0.05) is 6.08 Å². The van der Waals surface area contributed by atoms with E-state index in [9.17, 15) is 4.79 Å². The van der Waals surface area contributed by atoms with Crippen LogP contribution in [0.5, 0.6) is 23.0 Å². The number of carbonyl (C=O) groups excluding carboxylic acids is 1. The molecule has 2 heterocycles.